The van der Waals surface area contributed by atoms with Gasteiger partial charge in [0, 0.05) is 24.6 Å². The van der Waals surface area contributed by atoms with Gasteiger partial charge < -0.3 is 5.11 Å². The number of hydrogen-bond donors (Lipinski definition) is 1. The van der Waals surface area contributed by atoms with Gasteiger partial charge in [-0.1, -0.05) is 24.3 Å². The molecule has 0 aliphatic carbocycles. The molecule has 1 aromatic heterocycles. The summed E-state index contributed by atoms with van der Waals surface area (Å²) < 4.78 is 0. The molecule has 0 spiro atoms. The highest BCUT2D eigenvalue weighted by Crippen LogP contribution is 2.17. The van der Waals surface area contributed by atoms with E-state index in [-0.39, 0.29) is 18.0 Å². The number of Topliss-reactive ketones (excluding diaryl/α,β-unsaturated/α-hetero) is 1. The van der Waals surface area contributed by atoms with Crippen molar-refractivity contribution in [1.29, 1.82) is 0 Å². The number of para-hydroxylation sites is 1. The first-order chi connectivity index (χ1) is 8.66. The molecule has 1 N–H and O–H groups in total. The van der Waals surface area contributed by atoms with E-state index in [0.29, 0.717) is 12.0 Å². The summed E-state index contributed by atoms with van der Waals surface area (Å²) in [6.45, 7) is 1.94. The van der Waals surface area contributed by atoms with Gasteiger partial charge in [-0.3, -0.25) is 9.78 Å². The van der Waals surface area contributed by atoms with Crippen molar-refractivity contribution >= 4 is 5.78 Å². The molecule has 1 heterocycles. The molecule has 0 fully saturated rings. The van der Waals surface area contributed by atoms with Crippen molar-refractivity contribution in [1.82, 2.24) is 4.98 Å². The molecule has 0 aliphatic rings. The summed E-state index contributed by atoms with van der Waals surface area (Å²) >= 11 is 0. The molecule has 0 saturated carbocycles. The number of carbonyl (C=O) groups excluding carboxylic acids is 1. The van der Waals surface area contributed by atoms with Crippen LogP contribution >= 0.6 is 0 Å². The van der Waals surface area contributed by atoms with Crippen LogP contribution in [0.5, 0.6) is 5.75 Å². The number of aromatic hydroxyl groups is 1. The molecule has 0 aliphatic heterocycles. The summed E-state index contributed by atoms with van der Waals surface area (Å²) in [4.78, 5) is 16.1. The van der Waals surface area contributed by atoms with Crippen LogP contribution in [0.3, 0.4) is 0 Å². The van der Waals surface area contributed by atoms with Crippen molar-refractivity contribution in [3.63, 3.8) is 0 Å². The molecule has 3 heteroatoms. The van der Waals surface area contributed by atoms with Gasteiger partial charge in [-0.2, -0.15) is 0 Å². The Morgan fingerprint density at radius 3 is 2.67 bits per heavy atom. The van der Waals surface area contributed by atoms with Gasteiger partial charge in [0.1, 0.15) is 11.5 Å². The number of nitrogens with zero attached hydrogens (tertiary/aromatic N) is 1. The van der Waals surface area contributed by atoms with Crippen LogP contribution in [-0.4, -0.2) is 15.9 Å². The predicted octanol–water partition coefficient (Wildman–Crippen LogP) is 2.45. The summed E-state index contributed by atoms with van der Waals surface area (Å²) in [7, 11) is 0. The Kier molecular flexibility index (Phi) is 3.72. The van der Waals surface area contributed by atoms with E-state index in [2.05, 4.69) is 4.98 Å². The quantitative estimate of drug-likeness (QED) is 0.894. The van der Waals surface area contributed by atoms with Crippen molar-refractivity contribution in [3.8, 4) is 5.75 Å². The van der Waals surface area contributed by atoms with Crippen LogP contribution in [0.4, 0.5) is 0 Å². The lowest BCUT2D eigenvalue weighted by Crippen LogP contribution is -2.09. The first-order valence-corrected chi connectivity index (χ1v) is 5.86. The highest BCUT2D eigenvalue weighted by atomic mass is 16.3. The summed E-state index contributed by atoms with van der Waals surface area (Å²) in [5.41, 5.74) is 2.48. The van der Waals surface area contributed by atoms with Gasteiger partial charge in [-0.15, -0.1) is 0 Å². The highest BCUT2D eigenvalue weighted by molar-refractivity contribution is 5.83. The molecule has 0 saturated heterocycles. The van der Waals surface area contributed by atoms with E-state index < -0.39 is 0 Å². The van der Waals surface area contributed by atoms with Crippen LogP contribution in [0.1, 0.15) is 16.8 Å². The molecule has 18 heavy (non-hydrogen) atoms. The standard InChI is InChI=1S/C15H15NO2/c1-11-5-4-8-16-14(11)10-13(17)9-12-6-2-3-7-15(12)18/h2-8,18H,9-10H2,1H3. The number of carbonyl (C=O) groups is 1. The molecule has 92 valence electrons. The second kappa shape index (κ2) is 5.45. The number of phenolic OH excluding ortho intramolecular Hbond substituents is 1. The summed E-state index contributed by atoms with van der Waals surface area (Å²) in [6, 6.07) is 10.7. The van der Waals surface area contributed by atoms with E-state index >= 15 is 0 Å². The number of rotatable bonds is 4. The maximum absolute atomic E-state index is 11.9. The lowest BCUT2D eigenvalue weighted by molar-refractivity contribution is -0.117. The second-order valence-corrected chi connectivity index (χ2v) is 4.29. The minimum absolute atomic E-state index is 0.0540. The van der Waals surface area contributed by atoms with Crippen molar-refractivity contribution in [2.24, 2.45) is 0 Å². The van der Waals surface area contributed by atoms with Crippen LogP contribution in [-0.2, 0) is 17.6 Å². The average Bonchev–Trinajstić information content (AvgIpc) is 2.35. The highest BCUT2D eigenvalue weighted by Gasteiger charge is 2.10. The van der Waals surface area contributed by atoms with Gasteiger partial charge in [0.15, 0.2) is 0 Å². The lowest BCUT2D eigenvalue weighted by atomic mass is 10.0. The Labute approximate surface area is 106 Å². The van der Waals surface area contributed by atoms with Crippen LogP contribution in [0.2, 0.25) is 0 Å². The number of pyridine rings is 1. The maximum Gasteiger partial charge on any atom is 0.143 e. The summed E-state index contributed by atoms with van der Waals surface area (Å²) in [5.74, 6) is 0.224. The topological polar surface area (TPSA) is 50.2 Å². The van der Waals surface area contributed by atoms with E-state index in [1.165, 1.54) is 0 Å². The molecule has 0 amide bonds. The monoisotopic (exact) mass is 241 g/mol. The molecule has 0 atom stereocenters. The summed E-state index contributed by atoms with van der Waals surface area (Å²) in [6.07, 6.45) is 2.24. The van der Waals surface area contributed by atoms with Gasteiger partial charge in [0.05, 0.1) is 5.69 Å². The molecule has 2 aromatic rings. The molecule has 2 rings (SSSR count). The minimum Gasteiger partial charge on any atom is -0.508 e. The second-order valence-electron chi connectivity index (χ2n) is 4.29. The number of hydrogen-bond acceptors (Lipinski definition) is 3. The Bertz CT molecular complexity index is 514. The molecular formula is C15H15NO2. The smallest absolute Gasteiger partial charge is 0.143 e. The van der Waals surface area contributed by atoms with E-state index in [0.717, 1.165) is 11.3 Å². The largest absolute Gasteiger partial charge is 0.508 e. The Hall–Kier alpha value is -2.16. The SMILES string of the molecule is Cc1cccnc1CC(=O)Cc1ccccc1O. The fourth-order valence-electron chi connectivity index (χ4n) is 1.83. The Morgan fingerprint density at radius 1 is 1.17 bits per heavy atom. The molecule has 3 nitrogen and oxygen atoms in total. The zero-order chi connectivity index (χ0) is 13.0. The van der Waals surface area contributed by atoms with E-state index in [9.17, 15) is 9.90 Å². The zero-order valence-electron chi connectivity index (χ0n) is 10.3. The van der Waals surface area contributed by atoms with Crippen LogP contribution in [0.25, 0.3) is 0 Å². The molecular weight excluding hydrogens is 226 g/mol. The average molecular weight is 241 g/mol. The first kappa shape index (κ1) is 12.3. The van der Waals surface area contributed by atoms with Gasteiger partial charge in [0.25, 0.3) is 0 Å². The van der Waals surface area contributed by atoms with Crippen molar-refractivity contribution < 1.29 is 9.90 Å². The fraction of sp³-hybridized carbons (Fsp3) is 0.200. The zero-order valence-corrected chi connectivity index (χ0v) is 10.3. The van der Waals surface area contributed by atoms with Crippen molar-refractivity contribution in [2.45, 2.75) is 19.8 Å². The van der Waals surface area contributed by atoms with E-state index in [4.69, 9.17) is 0 Å². The summed E-state index contributed by atoms with van der Waals surface area (Å²) in [5, 5.41) is 9.61. The Morgan fingerprint density at radius 2 is 1.94 bits per heavy atom. The fourth-order valence-corrected chi connectivity index (χ4v) is 1.83. The lowest BCUT2D eigenvalue weighted by Gasteiger charge is -2.05. The number of ketones is 1. The third-order valence-corrected chi connectivity index (χ3v) is 2.86. The van der Waals surface area contributed by atoms with Crippen molar-refractivity contribution in [2.75, 3.05) is 0 Å². The maximum atomic E-state index is 11.9. The number of phenols is 1. The Balaban J connectivity index is 2.06. The van der Waals surface area contributed by atoms with Gasteiger partial charge in [-0.05, 0) is 24.6 Å². The molecule has 1 aromatic carbocycles. The minimum atomic E-state index is 0.0540. The van der Waals surface area contributed by atoms with Gasteiger partial charge >= 0.3 is 0 Å². The predicted molar refractivity (Wildman–Crippen MR) is 69.5 cm³/mol. The van der Waals surface area contributed by atoms with E-state index in [1.807, 2.05) is 25.1 Å². The molecule has 0 bridgehead atoms. The number of benzene rings is 1. The van der Waals surface area contributed by atoms with Crippen LogP contribution < -0.4 is 0 Å². The normalized spacial score (nSPS) is 10.3. The third kappa shape index (κ3) is 2.94. The first-order valence-electron chi connectivity index (χ1n) is 5.86. The van der Waals surface area contributed by atoms with Crippen molar-refractivity contribution in [3.05, 3.63) is 59.4 Å². The molecule has 0 radical (unpaired) electrons. The number of aromatic nitrogens is 1. The number of aryl methyl sites for hydroxylation is 1. The van der Waals surface area contributed by atoms with E-state index in [1.54, 1.807) is 24.4 Å². The van der Waals surface area contributed by atoms with Crippen LogP contribution in [0, 0.1) is 6.92 Å². The van der Waals surface area contributed by atoms with Gasteiger partial charge in [-0.25, -0.2) is 0 Å². The third-order valence-electron chi connectivity index (χ3n) is 2.86. The van der Waals surface area contributed by atoms with Gasteiger partial charge in [0.2, 0.25) is 0 Å². The van der Waals surface area contributed by atoms with Crippen LogP contribution in [0.15, 0.2) is 42.6 Å². The molecule has 0 unspecified atom stereocenters.